The van der Waals surface area contributed by atoms with E-state index >= 15 is 0 Å². The Morgan fingerprint density at radius 2 is 1.77 bits per heavy atom. The number of carbonyl (C=O) groups excluding carboxylic acids is 1. The van der Waals surface area contributed by atoms with E-state index in [2.05, 4.69) is 35.5 Å². The molecule has 3 aromatic rings. The highest BCUT2D eigenvalue weighted by atomic mass is 16.2. The van der Waals surface area contributed by atoms with Gasteiger partial charge < -0.3 is 15.5 Å². The zero-order valence-corrected chi connectivity index (χ0v) is 17.5. The van der Waals surface area contributed by atoms with E-state index in [9.17, 15) is 4.79 Å². The van der Waals surface area contributed by atoms with Gasteiger partial charge in [0.2, 0.25) is 5.95 Å². The second-order valence-electron chi connectivity index (χ2n) is 7.47. The fraction of sp³-hybridized carbons (Fsp3) is 0.364. The van der Waals surface area contributed by atoms with Crippen LogP contribution in [-0.2, 0) is 6.54 Å². The summed E-state index contributed by atoms with van der Waals surface area (Å²) >= 11 is 0. The number of hydrogen-bond acceptors (Lipinski definition) is 6. The van der Waals surface area contributed by atoms with Crippen molar-refractivity contribution in [3.05, 3.63) is 66.7 Å². The Balaban J connectivity index is 1.16. The molecule has 1 aliphatic heterocycles. The topological polar surface area (TPSA) is 91.2 Å². The lowest BCUT2D eigenvalue weighted by Crippen LogP contribution is -2.47. The van der Waals surface area contributed by atoms with Crippen LogP contribution in [0.3, 0.4) is 0 Å². The maximum absolute atomic E-state index is 12.3. The van der Waals surface area contributed by atoms with Gasteiger partial charge in [0.15, 0.2) is 0 Å². The lowest BCUT2D eigenvalue weighted by atomic mass is 10.2. The first-order chi connectivity index (χ1) is 15.3. The second-order valence-corrected chi connectivity index (χ2v) is 7.47. The molecule has 3 heterocycles. The third kappa shape index (κ3) is 6.02. The maximum Gasteiger partial charge on any atom is 0.319 e. The summed E-state index contributed by atoms with van der Waals surface area (Å²) in [6.45, 7) is 6.00. The van der Waals surface area contributed by atoms with Gasteiger partial charge in [0.1, 0.15) is 0 Å². The summed E-state index contributed by atoms with van der Waals surface area (Å²) < 4.78 is 1.84. The standard InChI is InChI=1S/C22H28N8O/c31-22(27-20-7-2-1-6-19(20)18-30-13-5-11-26-30)25-10-4-12-28-14-16-29(17-15-28)21-23-8-3-9-24-21/h1-3,5-9,11,13H,4,10,12,14-18H2,(H2,25,27,31). The number of nitrogens with zero attached hydrogens (tertiary/aromatic N) is 6. The molecule has 0 saturated carbocycles. The first-order valence-corrected chi connectivity index (χ1v) is 10.6. The van der Waals surface area contributed by atoms with Crippen LogP contribution in [0.2, 0.25) is 0 Å². The minimum atomic E-state index is -0.182. The predicted octanol–water partition coefficient (Wildman–Crippen LogP) is 2.06. The summed E-state index contributed by atoms with van der Waals surface area (Å²) in [5.41, 5.74) is 1.82. The number of carbonyl (C=O) groups is 1. The number of piperazine rings is 1. The minimum Gasteiger partial charge on any atom is -0.338 e. The summed E-state index contributed by atoms with van der Waals surface area (Å²) in [6.07, 6.45) is 8.12. The molecule has 9 nitrogen and oxygen atoms in total. The molecule has 1 saturated heterocycles. The average molecular weight is 421 g/mol. The molecule has 0 aliphatic carbocycles. The molecule has 2 N–H and O–H groups in total. The van der Waals surface area contributed by atoms with Gasteiger partial charge in [0, 0.05) is 63.2 Å². The summed E-state index contributed by atoms with van der Waals surface area (Å²) in [7, 11) is 0. The van der Waals surface area contributed by atoms with Gasteiger partial charge >= 0.3 is 6.03 Å². The van der Waals surface area contributed by atoms with Gasteiger partial charge in [0.25, 0.3) is 0 Å². The smallest absolute Gasteiger partial charge is 0.319 e. The number of benzene rings is 1. The van der Waals surface area contributed by atoms with E-state index in [0.29, 0.717) is 13.1 Å². The van der Waals surface area contributed by atoms with E-state index in [1.54, 1.807) is 18.6 Å². The number of aromatic nitrogens is 4. The summed E-state index contributed by atoms with van der Waals surface area (Å²) in [5.74, 6) is 0.799. The van der Waals surface area contributed by atoms with Gasteiger partial charge in [-0.2, -0.15) is 5.10 Å². The lowest BCUT2D eigenvalue weighted by molar-refractivity contribution is 0.243. The number of urea groups is 1. The minimum absolute atomic E-state index is 0.182. The fourth-order valence-electron chi connectivity index (χ4n) is 3.65. The Labute approximate surface area is 182 Å². The molecular formula is C22H28N8O. The highest BCUT2D eigenvalue weighted by Gasteiger charge is 2.18. The monoisotopic (exact) mass is 420 g/mol. The first-order valence-electron chi connectivity index (χ1n) is 10.6. The summed E-state index contributed by atoms with van der Waals surface area (Å²) in [4.78, 5) is 25.6. The van der Waals surface area contributed by atoms with Gasteiger partial charge in [-0.3, -0.25) is 9.58 Å². The Morgan fingerprint density at radius 3 is 2.55 bits per heavy atom. The predicted molar refractivity (Wildman–Crippen MR) is 120 cm³/mol. The Kier molecular flexibility index (Phi) is 7.07. The van der Waals surface area contributed by atoms with Crippen molar-refractivity contribution in [2.24, 2.45) is 0 Å². The van der Waals surface area contributed by atoms with Crippen LogP contribution < -0.4 is 15.5 Å². The maximum atomic E-state index is 12.3. The highest BCUT2D eigenvalue weighted by Crippen LogP contribution is 2.16. The van der Waals surface area contributed by atoms with Crippen molar-refractivity contribution in [2.75, 3.05) is 49.5 Å². The Hall–Kier alpha value is -3.46. The molecule has 31 heavy (non-hydrogen) atoms. The van der Waals surface area contributed by atoms with Crippen LogP contribution in [0.15, 0.2) is 61.2 Å². The van der Waals surface area contributed by atoms with Gasteiger partial charge in [-0.25, -0.2) is 14.8 Å². The van der Waals surface area contributed by atoms with Crippen molar-refractivity contribution in [3.63, 3.8) is 0 Å². The zero-order chi connectivity index (χ0) is 21.3. The van der Waals surface area contributed by atoms with Crippen LogP contribution in [0, 0.1) is 0 Å². The van der Waals surface area contributed by atoms with Gasteiger partial charge in [0.05, 0.1) is 6.54 Å². The Morgan fingerprint density at radius 1 is 0.968 bits per heavy atom. The molecule has 1 aliphatic rings. The van der Waals surface area contributed by atoms with Crippen LogP contribution in [0.4, 0.5) is 16.4 Å². The Bertz CT molecular complexity index is 939. The molecule has 0 radical (unpaired) electrons. The summed E-state index contributed by atoms with van der Waals surface area (Å²) in [6, 6.07) is 11.3. The zero-order valence-electron chi connectivity index (χ0n) is 17.5. The van der Waals surface area contributed by atoms with Crippen LogP contribution in [0.5, 0.6) is 0 Å². The number of nitrogens with one attached hydrogen (secondary N) is 2. The fourth-order valence-corrected chi connectivity index (χ4v) is 3.65. The SMILES string of the molecule is O=C(NCCCN1CCN(c2ncccn2)CC1)Nc1ccccc1Cn1cccn1. The molecule has 0 spiro atoms. The van der Waals surface area contributed by atoms with Crippen LogP contribution >= 0.6 is 0 Å². The van der Waals surface area contributed by atoms with Crippen molar-refractivity contribution >= 4 is 17.7 Å². The van der Waals surface area contributed by atoms with Crippen molar-refractivity contribution in [2.45, 2.75) is 13.0 Å². The van der Waals surface area contributed by atoms with Crippen LogP contribution in [-0.4, -0.2) is 69.9 Å². The van der Waals surface area contributed by atoms with E-state index in [4.69, 9.17) is 0 Å². The lowest BCUT2D eigenvalue weighted by Gasteiger charge is -2.34. The number of anilines is 2. The van der Waals surface area contributed by atoms with Crippen LogP contribution in [0.25, 0.3) is 0 Å². The van der Waals surface area contributed by atoms with E-state index in [1.165, 1.54) is 0 Å². The molecule has 2 aromatic heterocycles. The largest absolute Gasteiger partial charge is 0.338 e. The van der Waals surface area contributed by atoms with E-state index in [1.807, 2.05) is 47.3 Å². The van der Waals surface area contributed by atoms with E-state index < -0.39 is 0 Å². The quantitative estimate of drug-likeness (QED) is 0.542. The molecule has 1 fully saturated rings. The number of para-hydroxylation sites is 1. The average Bonchev–Trinajstić information content (AvgIpc) is 3.32. The molecule has 9 heteroatoms. The molecule has 2 amide bonds. The number of rotatable bonds is 8. The molecule has 162 valence electrons. The van der Waals surface area contributed by atoms with Crippen molar-refractivity contribution < 1.29 is 4.79 Å². The molecule has 4 rings (SSSR count). The third-order valence-electron chi connectivity index (χ3n) is 5.30. The van der Waals surface area contributed by atoms with Gasteiger partial charge in [-0.05, 0) is 36.7 Å². The number of hydrogen-bond donors (Lipinski definition) is 2. The first kappa shape index (κ1) is 20.8. The van der Waals surface area contributed by atoms with Crippen molar-refractivity contribution in [1.82, 2.24) is 30.0 Å². The summed E-state index contributed by atoms with van der Waals surface area (Å²) in [5, 5.41) is 10.2. The molecular weight excluding hydrogens is 392 g/mol. The van der Waals surface area contributed by atoms with Crippen LogP contribution in [0.1, 0.15) is 12.0 Å². The van der Waals surface area contributed by atoms with Gasteiger partial charge in [-0.1, -0.05) is 18.2 Å². The normalized spacial score (nSPS) is 14.4. The number of amides is 2. The van der Waals surface area contributed by atoms with E-state index in [-0.39, 0.29) is 6.03 Å². The van der Waals surface area contributed by atoms with Gasteiger partial charge in [-0.15, -0.1) is 0 Å². The molecule has 0 bridgehead atoms. The molecule has 0 unspecified atom stereocenters. The third-order valence-corrected chi connectivity index (χ3v) is 5.30. The molecule has 1 aromatic carbocycles. The van der Waals surface area contributed by atoms with Crippen molar-refractivity contribution in [3.8, 4) is 0 Å². The van der Waals surface area contributed by atoms with E-state index in [0.717, 1.165) is 56.3 Å². The molecule has 0 atom stereocenters. The highest BCUT2D eigenvalue weighted by molar-refractivity contribution is 5.90. The second kappa shape index (κ2) is 10.5. The van der Waals surface area contributed by atoms with Crippen molar-refractivity contribution in [1.29, 1.82) is 0 Å².